The minimum absolute atomic E-state index is 0.142. The maximum absolute atomic E-state index is 10.9. The van der Waals surface area contributed by atoms with Crippen LogP contribution < -0.4 is 5.32 Å². The molecule has 2 rings (SSSR count). The Bertz CT molecular complexity index is 562. The Kier molecular flexibility index (Phi) is 3.90. The molecule has 1 N–H and O–H groups in total. The number of nitrogens with one attached hydrogen (secondary N) is 1. The molecular weight excluding hydrogens is 352 g/mol. The lowest BCUT2D eigenvalue weighted by atomic mass is 10.3. The third kappa shape index (κ3) is 2.92. The van der Waals surface area contributed by atoms with Crippen LogP contribution in [0.3, 0.4) is 0 Å². The van der Waals surface area contributed by atoms with Crippen LogP contribution in [0.5, 0.6) is 0 Å². The number of anilines is 2. The van der Waals surface area contributed by atoms with Gasteiger partial charge in [0.15, 0.2) is 6.29 Å². The van der Waals surface area contributed by atoms with E-state index in [2.05, 4.69) is 37.9 Å². The maximum Gasteiger partial charge on any atom is 0.156 e. The Hall–Kier alpha value is -1.21. The number of aldehydes is 1. The summed E-state index contributed by atoms with van der Waals surface area (Å²) in [6.45, 7) is 0. The van der Waals surface area contributed by atoms with E-state index in [1.54, 1.807) is 0 Å². The highest BCUT2D eigenvalue weighted by molar-refractivity contribution is 14.1. The van der Waals surface area contributed by atoms with Crippen LogP contribution in [0, 0.1) is 3.57 Å². The highest BCUT2D eigenvalue weighted by Gasteiger charge is 2.08. The third-order valence-corrected chi connectivity index (χ3v) is 3.01. The topological polar surface area (TPSA) is 54.9 Å². The second-order valence-corrected chi connectivity index (χ2v) is 4.78. The zero-order valence-electron chi connectivity index (χ0n) is 8.52. The predicted molar refractivity (Wildman–Crippen MR) is 74.9 cm³/mol. The van der Waals surface area contributed by atoms with Gasteiger partial charge < -0.3 is 5.32 Å². The Balaban J connectivity index is 2.36. The Morgan fingerprint density at radius 1 is 1.35 bits per heavy atom. The van der Waals surface area contributed by atoms with Crippen molar-refractivity contribution < 1.29 is 4.79 Å². The molecule has 0 amide bonds. The van der Waals surface area contributed by atoms with E-state index < -0.39 is 0 Å². The largest absolute Gasteiger partial charge is 0.339 e. The minimum atomic E-state index is 0.142. The van der Waals surface area contributed by atoms with Gasteiger partial charge in [-0.2, -0.15) is 0 Å². The molecule has 0 fully saturated rings. The highest BCUT2D eigenvalue weighted by atomic mass is 127. The molecule has 0 radical (unpaired) electrons. The zero-order chi connectivity index (χ0) is 12.3. The number of nitrogens with zero attached hydrogens (tertiary/aromatic N) is 2. The summed E-state index contributed by atoms with van der Waals surface area (Å²) in [5.41, 5.74) is 1.10. The van der Waals surface area contributed by atoms with E-state index in [0.717, 1.165) is 9.26 Å². The average molecular weight is 360 g/mol. The van der Waals surface area contributed by atoms with Gasteiger partial charge in [0, 0.05) is 9.26 Å². The summed E-state index contributed by atoms with van der Waals surface area (Å²) in [7, 11) is 0. The van der Waals surface area contributed by atoms with E-state index in [9.17, 15) is 4.79 Å². The first kappa shape index (κ1) is 12.3. The number of carbonyl (C=O) groups is 1. The molecule has 0 unspecified atom stereocenters. The van der Waals surface area contributed by atoms with Gasteiger partial charge in [-0.3, -0.25) is 4.79 Å². The van der Waals surface area contributed by atoms with Crippen molar-refractivity contribution in [3.8, 4) is 0 Å². The fourth-order valence-corrected chi connectivity index (χ4v) is 2.00. The van der Waals surface area contributed by atoms with Crippen molar-refractivity contribution >= 4 is 52.0 Å². The number of carbonyl (C=O) groups excluding carboxylic acids is 1. The van der Waals surface area contributed by atoms with Gasteiger partial charge >= 0.3 is 0 Å². The van der Waals surface area contributed by atoms with Gasteiger partial charge in [-0.05, 0) is 40.8 Å². The first-order valence-electron chi connectivity index (χ1n) is 4.69. The van der Waals surface area contributed by atoms with Crippen molar-refractivity contribution in [3.63, 3.8) is 0 Å². The van der Waals surface area contributed by atoms with Gasteiger partial charge in [-0.25, -0.2) is 9.97 Å². The van der Waals surface area contributed by atoms with Gasteiger partial charge in [-0.1, -0.05) is 17.7 Å². The molecule has 6 heteroatoms. The van der Waals surface area contributed by atoms with Crippen LogP contribution in [-0.2, 0) is 0 Å². The molecule has 1 aromatic carbocycles. The number of aromatic nitrogens is 2. The lowest BCUT2D eigenvalue weighted by Gasteiger charge is -2.08. The Labute approximate surface area is 117 Å². The summed E-state index contributed by atoms with van der Waals surface area (Å²) in [5.74, 6) is 0.405. The zero-order valence-corrected chi connectivity index (χ0v) is 11.4. The van der Waals surface area contributed by atoms with Crippen molar-refractivity contribution in [2.75, 3.05) is 5.32 Å². The van der Waals surface area contributed by atoms with Crippen molar-refractivity contribution in [2.45, 2.75) is 0 Å². The summed E-state index contributed by atoms with van der Waals surface area (Å²) < 4.78 is 1.08. The molecule has 17 heavy (non-hydrogen) atoms. The van der Waals surface area contributed by atoms with Crippen LogP contribution in [0.15, 0.2) is 30.6 Å². The summed E-state index contributed by atoms with van der Waals surface area (Å²) in [5, 5.41) is 3.18. The van der Waals surface area contributed by atoms with Crippen LogP contribution in [0.2, 0.25) is 5.15 Å². The number of hydrogen-bond donors (Lipinski definition) is 1. The smallest absolute Gasteiger partial charge is 0.156 e. The van der Waals surface area contributed by atoms with Crippen LogP contribution in [0.1, 0.15) is 10.4 Å². The molecule has 0 spiro atoms. The average Bonchev–Trinajstić information content (AvgIpc) is 2.29. The molecule has 2 aromatic rings. The quantitative estimate of drug-likeness (QED) is 0.519. The number of benzene rings is 1. The molecule has 0 bridgehead atoms. The molecule has 4 nitrogen and oxygen atoms in total. The van der Waals surface area contributed by atoms with Crippen LogP contribution in [0.4, 0.5) is 11.5 Å². The highest BCUT2D eigenvalue weighted by Crippen LogP contribution is 2.22. The van der Waals surface area contributed by atoms with Gasteiger partial charge in [0.2, 0.25) is 0 Å². The van der Waals surface area contributed by atoms with E-state index in [1.807, 2.05) is 24.3 Å². The van der Waals surface area contributed by atoms with E-state index in [1.165, 1.54) is 6.33 Å². The molecule has 1 aromatic heterocycles. The minimum Gasteiger partial charge on any atom is -0.339 e. The summed E-state index contributed by atoms with van der Waals surface area (Å²) in [6.07, 6.45) is 1.95. The van der Waals surface area contributed by atoms with Gasteiger partial charge in [-0.15, -0.1) is 0 Å². The summed E-state index contributed by atoms with van der Waals surface area (Å²) in [4.78, 5) is 18.6. The van der Waals surface area contributed by atoms with Gasteiger partial charge in [0.05, 0.1) is 5.56 Å². The van der Waals surface area contributed by atoms with Crippen LogP contribution in [-0.4, -0.2) is 16.3 Å². The van der Waals surface area contributed by atoms with Gasteiger partial charge in [0.1, 0.15) is 17.3 Å². The first-order chi connectivity index (χ1) is 8.20. The predicted octanol–water partition coefficient (Wildman–Crippen LogP) is 3.29. The number of halogens is 2. The van der Waals surface area contributed by atoms with E-state index in [0.29, 0.717) is 12.1 Å². The first-order valence-corrected chi connectivity index (χ1v) is 6.14. The standard InChI is InChI=1S/C11H7ClIN3O/c12-10-9(5-17)11(15-6-14-10)16-8-3-1-2-7(13)4-8/h1-6H,(H,14,15,16). The molecular formula is C11H7ClIN3O. The molecule has 0 aliphatic carbocycles. The van der Waals surface area contributed by atoms with Crippen LogP contribution >= 0.6 is 34.2 Å². The van der Waals surface area contributed by atoms with Crippen molar-refractivity contribution in [2.24, 2.45) is 0 Å². The molecule has 0 aliphatic heterocycles. The van der Waals surface area contributed by atoms with Crippen molar-refractivity contribution in [3.05, 3.63) is 44.9 Å². The van der Waals surface area contributed by atoms with Crippen molar-refractivity contribution in [1.82, 2.24) is 9.97 Å². The second kappa shape index (κ2) is 5.42. The summed E-state index contributed by atoms with van der Waals surface area (Å²) >= 11 is 8.01. The monoisotopic (exact) mass is 359 g/mol. The SMILES string of the molecule is O=Cc1c(Cl)ncnc1Nc1cccc(I)c1. The van der Waals surface area contributed by atoms with E-state index in [4.69, 9.17) is 11.6 Å². The fraction of sp³-hybridized carbons (Fsp3) is 0. The lowest BCUT2D eigenvalue weighted by Crippen LogP contribution is -2.00. The molecule has 0 saturated carbocycles. The second-order valence-electron chi connectivity index (χ2n) is 3.18. The Morgan fingerprint density at radius 2 is 2.18 bits per heavy atom. The number of hydrogen-bond acceptors (Lipinski definition) is 4. The fourth-order valence-electron chi connectivity index (χ4n) is 1.28. The van der Waals surface area contributed by atoms with E-state index in [-0.39, 0.29) is 10.7 Å². The third-order valence-electron chi connectivity index (χ3n) is 2.04. The Morgan fingerprint density at radius 3 is 2.88 bits per heavy atom. The van der Waals surface area contributed by atoms with E-state index >= 15 is 0 Å². The molecule has 86 valence electrons. The van der Waals surface area contributed by atoms with Gasteiger partial charge in [0.25, 0.3) is 0 Å². The maximum atomic E-state index is 10.9. The normalized spacial score (nSPS) is 10.0. The summed E-state index contributed by atoms with van der Waals surface area (Å²) in [6, 6.07) is 7.70. The molecule has 0 aliphatic rings. The number of rotatable bonds is 3. The molecule has 1 heterocycles. The van der Waals surface area contributed by atoms with Crippen molar-refractivity contribution in [1.29, 1.82) is 0 Å². The van der Waals surface area contributed by atoms with Crippen LogP contribution in [0.25, 0.3) is 0 Å². The molecule has 0 saturated heterocycles. The lowest BCUT2D eigenvalue weighted by molar-refractivity contribution is 0.112. The molecule has 0 atom stereocenters.